The third-order valence-electron chi connectivity index (χ3n) is 4.75. The normalized spacial score (nSPS) is 17.1. The van der Waals surface area contributed by atoms with Gasteiger partial charge in [0, 0.05) is 31.1 Å². The summed E-state index contributed by atoms with van der Waals surface area (Å²) in [5.41, 5.74) is 1.43. The molecule has 2 amide bonds. The van der Waals surface area contributed by atoms with Gasteiger partial charge in [-0.05, 0) is 36.8 Å². The molecule has 1 atom stereocenters. The lowest BCUT2D eigenvalue weighted by molar-refractivity contribution is -0.121. The quantitative estimate of drug-likeness (QED) is 0.815. The Kier molecular flexibility index (Phi) is 6.28. The number of piperidine rings is 1. The van der Waals surface area contributed by atoms with E-state index in [9.17, 15) is 9.59 Å². The molecular formula is C19H23ClN4O2. The lowest BCUT2D eigenvalue weighted by Gasteiger charge is -2.32. The molecular weight excluding hydrogens is 352 g/mol. The average Bonchev–Trinajstić information content (AvgIpc) is 3.20. The SMILES string of the molecule is O=C(CCC1CCCN(C(=O)c2cnc[nH]2)C1)NCc1ccccc1Cl. The molecule has 1 aromatic carbocycles. The van der Waals surface area contributed by atoms with Crippen LogP contribution in [0, 0.1) is 5.92 Å². The third-order valence-corrected chi connectivity index (χ3v) is 5.12. The molecule has 0 aliphatic carbocycles. The second-order valence-corrected chi connectivity index (χ2v) is 7.04. The number of nitrogens with one attached hydrogen (secondary N) is 2. The molecule has 138 valence electrons. The number of imidazole rings is 1. The van der Waals surface area contributed by atoms with Gasteiger partial charge >= 0.3 is 0 Å². The van der Waals surface area contributed by atoms with E-state index in [1.807, 2.05) is 29.2 Å². The van der Waals surface area contributed by atoms with E-state index < -0.39 is 0 Å². The summed E-state index contributed by atoms with van der Waals surface area (Å²) in [6.45, 7) is 1.89. The number of hydrogen-bond acceptors (Lipinski definition) is 3. The van der Waals surface area contributed by atoms with Gasteiger partial charge in [-0.2, -0.15) is 0 Å². The highest BCUT2D eigenvalue weighted by Crippen LogP contribution is 2.22. The van der Waals surface area contributed by atoms with E-state index in [2.05, 4.69) is 15.3 Å². The number of hydrogen-bond donors (Lipinski definition) is 2. The number of carbonyl (C=O) groups is 2. The van der Waals surface area contributed by atoms with Crippen molar-refractivity contribution in [1.29, 1.82) is 0 Å². The lowest BCUT2D eigenvalue weighted by atomic mass is 9.93. The largest absolute Gasteiger partial charge is 0.352 e. The summed E-state index contributed by atoms with van der Waals surface area (Å²) >= 11 is 6.10. The Morgan fingerprint density at radius 2 is 2.19 bits per heavy atom. The molecule has 7 heteroatoms. The average molecular weight is 375 g/mol. The van der Waals surface area contributed by atoms with Gasteiger partial charge in [0.2, 0.25) is 5.91 Å². The summed E-state index contributed by atoms with van der Waals surface area (Å²) in [6, 6.07) is 7.49. The number of nitrogens with zero attached hydrogens (tertiary/aromatic N) is 2. The Morgan fingerprint density at radius 3 is 2.96 bits per heavy atom. The van der Waals surface area contributed by atoms with Crippen LogP contribution in [0.1, 0.15) is 41.7 Å². The van der Waals surface area contributed by atoms with Crippen molar-refractivity contribution in [2.45, 2.75) is 32.2 Å². The van der Waals surface area contributed by atoms with Crippen LogP contribution in [0.15, 0.2) is 36.8 Å². The summed E-state index contributed by atoms with van der Waals surface area (Å²) < 4.78 is 0. The number of rotatable bonds is 6. The number of carbonyl (C=O) groups excluding carboxylic acids is 2. The van der Waals surface area contributed by atoms with Gasteiger partial charge in [-0.15, -0.1) is 0 Å². The van der Waals surface area contributed by atoms with E-state index in [1.165, 1.54) is 6.33 Å². The first kappa shape index (κ1) is 18.5. The first-order valence-corrected chi connectivity index (χ1v) is 9.29. The van der Waals surface area contributed by atoms with E-state index in [-0.39, 0.29) is 11.8 Å². The Hall–Kier alpha value is -2.34. The van der Waals surface area contributed by atoms with Crippen LogP contribution in [0.3, 0.4) is 0 Å². The lowest BCUT2D eigenvalue weighted by Crippen LogP contribution is -2.40. The van der Waals surface area contributed by atoms with Crippen molar-refractivity contribution in [3.63, 3.8) is 0 Å². The van der Waals surface area contributed by atoms with E-state index in [4.69, 9.17) is 11.6 Å². The maximum Gasteiger partial charge on any atom is 0.271 e. The van der Waals surface area contributed by atoms with E-state index in [0.29, 0.717) is 36.1 Å². The predicted octanol–water partition coefficient (Wildman–Crippen LogP) is 3.01. The van der Waals surface area contributed by atoms with Crippen molar-refractivity contribution in [2.75, 3.05) is 13.1 Å². The van der Waals surface area contributed by atoms with Crippen LogP contribution < -0.4 is 5.32 Å². The number of H-pyrrole nitrogens is 1. The van der Waals surface area contributed by atoms with Gasteiger partial charge in [0.25, 0.3) is 5.91 Å². The van der Waals surface area contributed by atoms with Crippen molar-refractivity contribution in [2.24, 2.45) is 5.92 Å². The van der Waals surface area contributed by atoms with Gasteiger partial charge in [0.15, 0.2) is 0 Å². The van der Waals surface area contributed by atoms with Crippen LogP contribution in [-0.4, -0.2) is 39.8 Å². The van der Waals surface area contributed by atoms with Crippen molar-refractivity contribution in [3.8, 4) is 0 Å². The van der Waals surface area contributed by atoms with Crippen LogP contribution in [0.5, 0.6) is 0 Å². The Morgan fingerprint density at radius 1 is 1.35 bits per heavy atom. The zero-order chi connectivity index (χ0) is 18.4. The zero-order valence-electron chi connectivity index (χ0n) is 14.6. The first-order chi connectivity index (χ1) is 12.6. The molecule has 2 heterocycles. The zero-order valence-corrected chi connectivity index (χ0v) is 15.3. The summed E-state index contributed by atoms with van der Waals surface area (Å²) in [5.74, 6) is 0.346. The molecule has 0 spiro atoms. The molecule has 0 saturated carbocycles. The highest BCUT2D eigenvalue weighted by molar-refractivity contribution is 6.31. The summed E-state index contributed by atoms with van der Waals surface area (Å²) in [7, 11) is 0. The highest BCUT2D eigenvalue weighted by Gasteiger charge is 2.25. The third kappa shape index (κ3) is 4.85. The minimum atomic E-state index is -0.0182. The molecule has 1 fully saturated rings. The molecule has 26 heavy (non-hydrogen) atoms. The van der Waals surface area contributed by atoms with Crippen molar-refractivity contribution in [3.05, 3.63) is 53.1 Å². The molecule has 2 aromatic rings. The number of likely N-dealkylation sites (tertiary alicyclic amines) is 1. The molecule has 1 aromatic heterocycles. The number of aromatic amines is 1. The summed E-state index contributed by atoms with van der Waals surface area (Å²) in [5, 5.41) is 3.58. The van der Waals surface area contributed by atoms with Crippen LogP contribution >= 0.6 is 11.6 Å². The molecule has 2 N–H and O–H groups in total. The number of amides is 2. The minimum Gasteiger partial charge on any atom is -0.352 e. The van der Waals surface area contributed by atoms with Crippen molar-refractivity contribution in [1.82, 2.24) is 20.2 Å². The van der Waals surface area contributed by atoms with Crippen LogP contribution in [0.4, 0.5) is 0 Å². The van der Waals surface area contributed by atoms with E-state index >= 15 is 0 Å². The number of benzene rings is 1. The van der Waals surface area contributed by atoms with Crippen molar-refractivity contribution < 1.29 is 9.59 Å². The molecule has 6 nitrogen and oxygen atoms in total. The number of aromatic nitrogens is 2. The second-order valence-electron chi connectivity index (χ2n) is 6.63. The van der Waals surface area contributed by atoms with E-state index in [0.717, 1.165) is 31.4 Å². The fourth-order valence-electron chi connectivity index (χ4n) is 3.29. The van der Waals surface area contributed by atoms with E-state index in [1.54, 1.807) is 6.20 Å². The van der Waals surface area contributed by atoms with Crippen LogP contribution in [0.25, 0.3) is 0 Å². The number of halogens is 1. The Bertz CT molecular complexity index is 748. The molecule has 3 rings (SSSR count). The second kappa shape index (κ2) is 8.85. The smallest absolute Gasteiger partial charge is 0.271 e. The predicted molar refractivity (Wildman–Crippen MR) is 99.7 cm³/mol. The van der Waals surface area contributed by atoms with Gasteiger partial charge in [-0.3, -0.25) is 9.59 Å². The molecule has 1 aliphatic heterocycles. The minimum absolute atomic E-state index is 0.0157. The van der Waals surface area contributed by atoms with Gasteiger partial charge in [0.05, 0.1) is 12.5 Å². The molecule has 1 unspecified atom stereocenters. The maximum absolute atomic E-state index is 12.4. The van der Waals surface area contributed by atoms with Crippen molar-refractivity contribution >= 4 is 23.4 Å². The standard InChI is InChI=1S/C19H23ClN4O2/c20-16-6-2-1-5-15(16)10-22-18(25)8-7-14-4-3-9-24(12-14)19(26)17-11-21-13-23-17/h1-2,5-6,11,13-14H,3-4,7-10,12H2,(H,21,23)(H,22,25). The highest BCUT2D eigenvalue weighted by atomic mass is 35.5. The van der Waals surface area contributed by atoms with Crippen LogP contribution in [-0.2, 0) is 11.3 Å². The summed E-state index contributed by atoms with van der Waals surface area (Å²) in [6.07, 6.45) is 6.31. The Labute approximate surface area is 157 Å². The van der Waals surface area contributed by atoms with Gasteiger partial charge in [0.1, 0.15) is 5.69 Å². The van der Waals surface area contributed by atoms with Gasteiger partial charge in [-0.25, -0.2) is 4.98 Å². The molecule has 1 aliphatic rings. The van der Waals surface area contributed by atoms with Gasteiger partial charge < -0.3 is 15.2 Å². The first-order valence-electron chi connectivity index (χ1n) is 8.91. The fourth-order valence-corrected chi connectivity index (χ4v) is 3.49. The topological polar surface area (TPSA) is 78.1 Å². The maximum atomic E-state index is 12.4. The molecule has 0 radical (unpaired) electrons. The van der Waals surface area contributed by atoms with Gasteiger partial charge in [-0.1, -0.05) is 29.8 Å². The Balaban J connectivity index is 1.43. The molecule has 0 bridgehead atoms. The summed E-state index contributed by atoms with van der Waals surface area (Å²) in [4.78, 5) is 33.1. The van der Waals surface area contributed by atoms with Crippen LogP contribution in [0.2, 0.25) is 5.02 Å². The molecule has 1 saturated heterocycles. The fraction of sp³-hybridized carbons (Fsp3) is 0.421. The monoisotopic (exact) mass is 374 g/mol.